The molecule has 0 spiro atoms. The van der Waals surface area contributed by atoms with Crippen LogP contribution < -0.4 is 10.1 Å². The lowest BCUT2D eigenvalue weighted by molar-refractivity contribution is 0.149. The number of hydrogen-bond acceptors (Lipinski definition) is 4. The van der Waals surface area contributed by atoms with Gasteiger partial charge < -0.3 is 14.8 Å². The fraction of sp³-hybridized carbons (Fsp3) is 0.462. The summed E-state index contributed by atoms with van der Waals surface area (Å²) in [7, 11) is 0. The van der Waals surface area contributed by atoms with E-state index in [-0.39, 0.29) is 0 Å². The van der Waals surface area contributed by atoms with Gasteiger partial charge in [0.05, 0.1) is 19.8 Å². The topological polar surface area (TPSA) is 43.4 Å². The minimum Gasteiger partial charge on any atom is -0.478 e. The van der Waals surface area contributed by atoms with E-state index in [0.717, 1.165) is 25.4 Å². The zero-order valence-electron chi connectivity index (χ0n) is 10.3. The van der Waals surface area contributed by atoms with Gasteiger partial charge in [-0.05, 0) is 19.4 Å². The number of anilines is 1. The Morgan fingerprint density at radius 3 is 3.06 bits per heavy atom. The molecule has 17 heavy (non-hydrogen) atoms. The Labute approximate surface area is 103 Å². The molecule has 0 atom stereocenters. The Hall–Kier alpha value is -1.55. The van der Waals surface area contributed by atoms with Gasteiger partial charge in [0, 0.05) is 12.6 Å². The molecular formula is C13H20N2O2. The lowest BCUT2D eigenvalue weighted by atomic mass is 10.4. The van der Waals surface area contributed by atoms with Crippen LogP contribution in [-0.2, 0) is 4.74 Å². The molecule has 0 amide bonds. The molecule has 94 valence electrons. The molecule has 0 aliphatic heterocycles. The smallest absolute Gasteiger partial charge is 0.215 e. The predicted molar refractivity (Wildman–Crippen MR) is 69.5 cm³/mol. The lowest BCUT2D eigenvalue weighted by Gasteiger charge is -2.07. The van der Waals surface area contributed by atoms with Gasteiger partial charge in [-0.25, -0.2) is 0 Å². The molecule has 0 saturated heterocycles. The Morgan fingerprint density at radius 2 is 2.29 bits per heavy atom. The quantitative estimate of drug-likeness (QED) is 0.528. The second kappa shape index (κ2) is 8.58. The highest BCUT2D eigenvalue weighted by atomic mass is 16.5. The average molecular weight is 236 g/mol. The minimum atomic E-state index is 0.626. The van der Waals surface area contributed by atoms with E-state index in [2.05, 4.69) is 16.9 Å². The van der Waals surface area contributed by atoms with E-state index in [1.165, 1.54) is 0 Å². The van der Waals surface area contributed by atoms with Crippen LogP contribution in [-0.4, -0.2) is 31.3 Å². The summed E-state index contributed by atoms with van der Waals surface area (Å²) in [5.41, 5.74) is 0. The largest absolute Gasteiger partial charge is 0.478 e. The van der Waals surface area contributed by atoms with Crippen molar-refractivity contribution in [1.29, 1.82) is 0 Å². The van der Waals surface area contributed by atoms with Crippen LogP contribution >= 0.6 is 0 Å². The minimum absolute atomic E-state index is 0.626. The van der Waals surface area contributed by atoms with Crippen LogP contribution in [0.4, 0.5) is 5.82 Å². The first kappa shape index (κ1) is 13.5. The van der Waals surface area contributed by atoms with Gasteiger partial charge in [0.15, 0.2) is 0 Å². The third kappa shape index (κ3) is 5.92. The zero-order chi connectivity index (χ0) is 12.3. The molecule has 0 aliphatic rings. The van der Waals surface area contributed by atoms with Gasteiger partial charge in [0.25, 0.3) is 0 Å². The second-order valence-electron chi connectivity index (χ2n) is 3.41. The molecule has 1 aromatic rings. The first-order chi connectivity index (χ1) is 8.36. The van der Waals surface area contributed by atoms with Gasteiger partial charge in [0.2, 0.25) is 5.88 Å². The zero-order valence-corrected chi connectivity index (χ0v) is 10.3. The maximum atomic E-state index is 5.38. The Bertz CT molecular complexity index is 329. The summed E-state index contributed by atoms with van der Waals surface area (Å²) in [5.74, 6) is 1.45. The van der Waals surface area contributed by atoms with Crippen LogP contribution in [0.2, 0.25) is 0 Å². The Kier molecular flexibility index (Phi) is 6.82. The Balaban J connectivity index is 2.21. The van der Waals surface area contributed by atoms with Crippen molar-refractivity contribution >= 4 is 5.82 Å². The van der Waals surface area contributed by atoms with Gasteiger partial charge in [-0.3, -0.25) is 0 Å². The number of nitrogens with one attached hydrogen (secondary N) is 1. The first-order valence-corrected chi connectivity index (χ1v) is 5.89. The molecule has 0 radical (unpaired) electrons. The summed E-state index contributed by atoms with van der Waals surface area (Å²) in [6, 6.07) is 5.67. The fourth-order valence-corrected chi connectivity index (χ4v) is 1.26. The summed E-state index contributed by atoms with van der Waals surface area (Å²) >= 11 is 0. The second-order valence-corrected chi connectivity index (χ2v) is 3.41. The molecule has 1 heterocycles. The van der Waals surface area contributed by atoms with E-state index in [1.54, 1.807) is 0 Å². The van der Waals surface area contributed by atoms with Gasteiger partial charge in [-0.2, -0.15) is 4.98 Å². The molecule has 0 aliphatic carbocycles. The number of nitrogens with zero attached hydrogens (tertiary/aromatic N) is 1. The van der Waals surface area contributed by atoms with Crippen molar-refractivity contribution in [1.82, 2.24) is 4.98 Å². The molecule has 1 aromatic heterocycles. The van der Waals surface area contributed by atoms with E-state index in [1.807, 2.05) is 31.2 Å². The maximum absolute atomic E-state index is 5.38. The monoisotopic (exact) mass is 236 g/mol. The molecule has 0 saturated carbocycles. The van der Waals surface area contributed by atoms with Crippen LogP contribution in [0.15, 0.2) is 30.9 Å². The van der Waals surface area contributed by atoms with E-state index in [0.29, 0.717) is 19.1 Å². The van der Waals surface area contributed by atoms with Crippen LogP contribution in [0.25, 0.3) is 0 Å². The van der Waals surface area contributed by atoms with E-state index in [4.69, 9.17) is 9.47 Å². The van der Waals surface area contributed by atoms with Crippen LogP contribution in [0.5, 0.6) is 5.88 Å². The summed E-state index contributed by atoms with van der Waals surface area (Å²) in [4.78, 5) is 4.29. The molecule has 0 bridgehead atoms. The summed E-state index contributed by atoms with van der Waals surface area (Å²) in [6.07, 6.45) is 2.73. The third-order valence-corrected chi connectivity index (χ3v) is 2.03. The van der Waals surface area contributed by atoms with Crippen molar-refractivity contribution in [2.45, 2.75) is 13.3 Å². The number of ether oxygens (including phenoxy) is 2. The number of pyridine rings is 1. The van der Waals surface area contributed by atoms with Gasteiger partial charge in [0.1, 0.15) is 5.82 Å². The highest BCUT2D eigenvalue weighted by molar-refractivity contribution is 5.36. The maximum Gasteiger partial charge on any atom is 0.215 e. The molecule has 1 N–H and O–H groups in total. The SMILES string of the molecule is C=CCCOCCNc1cccc(OCC)n1. The molecule has 0 fully saturated rings. The normalized spacial score (nSPS) is 9.94. The molecule has 1 rings (SSSR count). The van der Waals surface area contributed by atoms with Crippen molar-refractivity contribution in [2.75, 3.05) is 31.7 Å². The van der Waals surface area contributed by atoms with E-state index >= 15 is 0 Å². The molecular weight excluding hydrogens is 216 g/mol. The molecule has 4 heteroatoms. The van der Waals surface area contributed by atoms with Gasteiger partial charge >= 0.3 is 0 Å². The van der Waals surface area contributed by atoms with Crippen molar-refractivity contribution in [3.8, 4) is 5.88 Å². The van der Waals surface area contributed by atoms with E-state index in [9.17, 15) is 0 Å². The van der Waals surface area contributed by atoms with Crippen LogP contribution in [0, 0.1) is 0 Å². The van der Waals surface area contributed by atoms with Crippen LogP contribution in [0.3, 0.4) is 0 Å². The number of aromatic nitrogens is 1. The summed E-state index contributed by atoms with van der Waals surface area (Å²) in [6.45, 7) is 8.32. The molecule has 0 aromatic carbocycles. The van der Waals surface area contributed by atoms with Gasteiger partial charge in [-0.15, -0.1) is 6.58 Å². The first-order valence-electron chi connectivity index (χ1n) is 5.89. The average Bonchev–Trinajstić information content (AvgIpc) is 2.35. The predicted octanol–water partition coefficient (Wildman–Crippen LogP) is 2.48. The van der Waals surface area contributed by atoms with E-state index < -0.39 is 0 Å². The van der Waals surface area contributed by atoms with Gasteiger partial charge in [-0.1, -0.05) is 12.1 Å². The molecule has 4 nitrogen and oxygen atoms in total. The molecule has 0 unspecified atom stereocenters. The van der Waals surface area contributed by atoms with Crippen molar-refractivity contribution in [3.05, 3.63) is 30.9 Å². The summed E-state index contributed by atoms with van der Waals surface area (Å²) in [5, 5.41) is 3.18. The third-order valence-electron chi connectivity index (χ3n) is 2.03. The lowest BCUT2D eigenvalue weighted by Crippen LogP contribution is -2.11. The summed E-state index contributed by atoms with van der Waals surface area (Å²) < 4.78 is 10.7. The van der Waals surface area contributed by atoms with Crippen molar-refractivity contribution < 1.29 is 9.47 Å². The fourth-order valence-electron chi connectivity index (χ4n) is 1.26. The highest BCUT2D eigenvalue weighted by Gasteiger charge is 1.96. The van der Waals surface area contributed by atoms with Crippen LogP contribution in [0.1, 0.15) is 13.3 Å². The Morgan fingerprint density at radius 1 is 1.41 bits per heavy atom. The standard InChI is InChI=1S/C13H20N2O2/c1-3-5-10-16-11-9-14-12-7-6-8-13(15-12)17-4-2/h3,6-8H,1,4-5,9-11H2,2H3,(H,14,15). The highest BCUT2D eigenvalue weighted by Crippen LogP contribution is 2.10. The number of hydrogen-bond donors (Lipinski definition) is 1. The van der Waals surface area contributed by atoms with Crippen molar-refractivity contribution in [3.63, 3.8) is 0 Å². The number of rotatable bonds is 9. The van der Waals surface area contributed by atoms with Crippen molar-refractivity contribution in [2.24, 2.45) is 0 Å².